The lowest BCUT2D eigenvalue weighted by Gasteiger charge is -2.42. The molecule has 0 atom stereocenters. The average molecular weight is 401 g/mol. The van der Waals surface area contributed by atoms with Gasteiger partial charge in [0.05, 0.1) is 23.4 Å². The van der Waals surface area contributed by atoms with Gasteiger partial charge in [-0.15, -0.1) is 0 Å². The Morgan fingerprint density at radius 3 is 2.75 bits per heavy atom. The first kappa shape index (κ1) is 18.8. The van der Waals surface area contributed by atoms with E-state index in [2.05, 4.69) is 29.8 Å². The van der Waals surface area contributed by atoms with Crippen LogP contribution in [0.2, 0.25) is 0 Å². The molecule has 10 heteroatoms. The number of hydrogen-bond acceptors (Lipinski definition) is 7. The summed E-state index contributed by atoms with van der Waals surface area (Å²) in [5, 5.41) is 0.977. The smallest absolute Gasteiger partial charge is 0.214 e. The summed E-state index contributed by atoms with van der Waals surface area (Å²) < 4.78 is 26.7. The molecule has 28 heavy (non-hydrogen) atoms. The van der Waals surface area contributed by atoms with Crippen molar-refractivity contribution in [1.82, 2.24) is 29.2 Å². The summed E-state index contributed by atoms with van der Waals surface area (Å²) in [6.45, 7) is 0.235. The Labute approximate surface area is 163 Å². The van der Waals surface area contributed by atoms with Gasteiger partial charge in [0.25, 0.3) is 0 Å². The number of rotatable bonds is 7. The van der Waals surface area contributed by atoms with Gasteiger partial charge in [0.2, 0.25) is 10.0 Å². The summed E-state index contributed by atoms with van der Waals surface area (Å²) in [7, 11) is 0.256. The Morgan fingerprint density at radius 2 is 2.00 bits per heavy atom. The second-order valence-corrected chi connectivity index (χ2v) is 9.39. The molecule has 0 aliphatic heterocycles. The van der Waals surface area contributed by atoms with E-state index < -0.39 is 10.0 Å². The summed E-state index contributed by atoms with van der Waals surface area (Å²) in [5.74, 6) is 1.17. The van der Waals surface area contributed by atoms with Crippen LogP contribution in [0.25, 0.3) is 11.0 Å². The van der Waals surface area contributed by atoms with Gasteiger partial charge in [0, 0.05) is 44.9 Å². The summed E-state index contributed by atoms with van der Waals surface area (Å²) in [4.78, 5) is 22.0. The molecule has 3 aromatic heterocycles. The van der Waals surface area contributed by atoms with Crippen molar-refractivity contribution < 1.29 is 8.42 Å². The van der Waals surface area contributed by atoms with Crippen molar-refractivity contribution in [3.63, 3.8) is 0 Å². The highest BCUT2D eigenvalue weighted by Gasteiger charge is 2.37. The molecule has 1 saturated carbocycles. The molecule has 0 bridgehead atoms. The quantitative estimate of drug-likeness (QED) is 0.638. The van der Waals surface area contributed by atoms with Crippen molar-refractivity contribution in [2.24, 2.45) is 5.92 Å². The van der Waals surface area contributed by atoms with Crippen LogP contribution in [-0.2, 0) is 16.6 Å². The van der Waals surface area contributed by atoms with Crippen LogP contribution < -0.4 is 4.90 Å². The molecule has 148 valence electrons. The lowest BCUT2D eigenvalue weighted by atomic mass is 9.81. The third-order valence-electron chi connectivity index (χ3n) is 5.35. The number of fused-ring (bicyclic) bond motifs is 1. The molecule has 1 aliphatic rings. The molecular formula is C18H23N7O2S. The second kappa shape index (κ2) is 7.44. The molecule has 1 aliphatic carbocycles. The maximum atomic E-state index is 12.7. The highest BCUT2D eigenvalue weighted by atomic mass is 32.2. The maximum Gasteiger partial charge on any atom is 0.214 e. The summed E-state index contributed by atoms with van der Waals surface area (Å²) in [6.07, 6.45) is 9.77. The van der Waals surface area contributed by atoms with Crippen molar-refractivity contribution in [3.05, 3.63) is 42.9 Å². The van der Waals surface area contributed by atoms with Gasteiger partial charge >= 0.3 is 0 Å². The van der Waals surface area contributed by atoms with E-state index in [4.69, 9.17) is 0 Å². The Hall–Kier alpha value is -2.59. The Balaban J connectivity index is 1.35. The number of aromatic nitrogens is 5. The van der Waals surface area contributed by atoms with Gasteiger partial charge in [-0.3, -0.25) is 9.97 Å². The zero-order valence-corrected chi connectivity index (χ0v) is 16.7. The minimum absolute atomic E-state index is 0.144. The molecule has 0 amide bonds. The van der Waals surface area contributed by atoms with Gasteiger partial charge in [0.15, 0.2) is 0 Å². The SMILES string of the molecule is CN(Cc1cnccn1)S(=O)(=O)C[C@H]1C[C@@H](N(C)c2ncnc3[nH]ccc23)C1. The highest BCUT2D eigenvalue weighted by Crippen LogP contribution is 2.36. The second-order valence-electron chi connectivity index (χ2n) is 7.27. The molecule has 3 aromatic rings. The number of H-pyrrole nitrogens is 1. The van der Waals surface area contributed by atoms with Crippen LogP contribution in [0.5, 0.6) is 0 Å². The van der Waals surface area contributed by atoms with Crippen molar-refractivity contribution in [2.75, 3.05) is 24.7 Å². The van der Waals surface area contributed by atoms with Crippen LogP contribution in [0.1, 0.15) is 18.5 Å². The predicted molar refractivity (Wildman–Crippen MR) is 106 cm³/mol. The average Bonchev–Trinajstić information content (AvgIpc) is 3.13. The van der Waals surface area contributed by atoms with Gasteiger partial charge in [-0.05, 0) is 24.8 Å². The standard InChI is InChI=1S/C18H23N7O2S/c1-24(10-14-9-19-5-6-20-14)28(26,27)11-13-7-15(8-13)25(2)18-16-3-4-21-17(16)22-12-23-18/h3-6,9,12-13,15H,7-8,10-11H2,1-2H3,(H,21,22,23)/t13-,15+. The predicted octanol–water partition coefficient (Wildman–Crippen LogP) is 1.42. The molecule has 9 nitrogen and oxygen atoms in total. The van der Waals surface area contributed by atoms with E-state index >= 15 is 0 Å². The van der Waals surface area contributed by atoms with Gasteiger partial charge in [-0.1, -0.05) is 0 Å². The van der Waals surface area contributed by atoms with Gasteiger partial charge in [-0.25, -0.2) is 18.4 Å². The normalized spacial score (nSPS) is 19.7. The topological polar surface area (TPSA) is 108 Å². The molecule has 0 unspecified atom stereocenters. The van der Waals surface area contributed by atoms with E-state index in [1.807, 2.05) is 19.3 Å². The molecule has 0 aromatic carbocycles. The number of nitrogens with zero attached hydrogens (tertiary/aromatic N) is 6. The third-order valence-corrected chi connectivity index (χ3v) is 7.32. The fourth-order valence-electron chi connectivity index (χ4n) is 3.63. The minimum atomic E-state index is -3.34. The summed E-state index contributed by atoms with van der Waals surface area (Å²) >= 11 is 0. The Bertz CT molecular complexity index is 1050. The van der Waals surface area contributed by atoms with Gasteiger partial charge in [-0.2, -0.15) is 4.31 Å². The number of anilines is 1. The van der Waals surface area contributed by atoms with Crippen LogP contribution in [0, 0.1) is 5.92 Å². The number of aromatic amines is 1. The number of hydrogen-bond donors (Lipinski definition) is 1. The van der Waals surface area contributed by atoms with Gasteiger partial charge < -0.3 is 9.88 Å². The van der Waals surface area contributed by atoms with Crippen LogP contribution in [0.4, 0.5) is 5.82 Å². The van der Waals surface area contributed by atoms with E-state index in [0.717, 1.165) is 29.7 Å². The molecular weight excluding hydrogens is 378 g/mol. The number of sulfonamides is 1. The van der Waals surface area contributed by atoms with Gasteiger partial charge in [0.1, 0.15) is 17.8 Å². The van der Waals surface area contributed by atoms with Crippen LogP contribution in [0.15, 0.2) is 37.2 Å². The van der Waals surface area contributed by atoms with E-state index in [1.165, 1.54) is 4.31 Å². The molecule has 0 radical (unpaired) electrons. The lowest BCUT2D eigenvalue weighted by Crippen LogP contribution is -2.46. The first-order chi connectivity index (χ1) is 13.4. The Morgan fingerprint density at radius 1 is 1.18 bits per heavy atom. The zero-order valence-electron chi connectivity index (χ0n) is 15.9. The summed E-state index contributed by atoms with van der Waals surface area (Å²) in [6, 6.07) is 2.24. The van der Waals surface area contributed by atoms with Crippen molar-refractivity contribution in [3.8, 4) is 0 Å². The van der Waals surface area contributed by atoms with E-state index in [-0.39, 0.29) is 24.3 Å². The van der Waals surface area contributed by atoms with E-state index in [9.17, 15) is 8.42 Å². The fourth-order valence-corrected chi connectivity index (χ4v) is 5.08. The third kappa shape index (κ3) is 3.69. The summed E-state index contributed by atoms with van der Waals surface area (Å²) in [5.41, 5.74) is 1.44. The van der Waals surface area contributed by atoms with Crippen molar-refractivity contribution in [1.29, 1.82) is 0 Å². The zero-order chi connectivity index (χ0) is 19.7. The molecule has 0 saturated heterocycles. The first-order valence-corrected chi connectivity index (χ1v) is 10.7. The molecule has 3 heterocycles. The molecule has 1 fully saturated rings. The monoisotopic (exact) mass is 401 g/mol. The molecule has 4 rings (SSSR count). The highest BCUT2D eigenvalue weighted by molar-refractivity contribution is 7.89. The molecule has 0 spiro atoms. The van der Waals surface area contributed by atoms with Crippen LogP contribution in [-0.4, -0.2) is 63.5 Å². The minimum Gasteiger partial charge on any atom is -0.356 e. The number of nitrogens with one attached hydrogen (secondary N) is 1. The van der Waals surface area contributed by atoms with Crippen molar-refractivity contribution in [2.45, 2.75) is 25.4 Å². The maximum absolute atomic E-state index is 12.7. The van der Waals surface area contributed by atoms with E-state index in [1.54, 1.807) is 32.0 Å². The van der Waals surface area contributed by atoms with Crippen LogP contribution in [0.3, 0.4) is 0 Å². The Kier molecular flexibility index (Phi) is 4.98. The fraction of sp³-hybridized carbons (Fsp3) is 0.444. The van der Waals surface area contributed by atoms with Crippen molar-refractivity contribution >= 4 is 26.9 Å². The largest absolute Gasteiger partial charge is 0.356 e. The first-order valence-electron chi connectivity index (χ1n) is 9.14. The molecule has 1 N–H and O–H groups in total. The lowest BCUT2D eigenvalue weighted by molar-refractivity contribution is 0.278. The van der Waals surface area contributed by atoms with Crippen LogP contribution >= 0.6 is 0 Å². The van der Waals surface area contributed by atoms with E-state index in [0.29, 0.717) is 5.69 Å².